The average molecular weight is 1030 g/mol. The van der Waals surface area contributed by atoms with E-state index >= 15 is 0 Å². The fourth-order valence-corrected chi connectivity index (χ4v) is 10.4. The van der Waals surface area contributed by atoms with Gasteiger partial charge < -0.3 is 20.3 Å². The molecule has 0 aromatic heterocycles. The van der Waals surface area contributed by atoms with Gasteiger partial charge in [0.1, 0.15) is 0 Å². The molecule has 0 radical (unpaired) electrons. The molecule has 0 aliphatic carbocycles. The van der Waals surface area contributed by atoms with Gasteiger partial charge in [-0.25, -0.2) is 0 Å². The Kier molecular flexibility index (Phi) is 61.4. The second kappa shape index (κ2) is 62.9. The monoisotopic (exact) mass is 1030 g/mol. The molecule has 3 N–H and O–H groups in total. The van der Waals surface area contributed by atoms with Crippen molar-refractivity contribution in [2.24, 2.45) is 0 Å². The van der Waals surface area contributed by atoms with Crippen LogP contribution in [0.4, 0.5) is 0 Å². The van der Waals surface area contributed by atoms with Crippen LogP contribution in [0.25, 0.3) is 0 Å². The van der Waals surface area contributed by atoms with Crippen molar-refractivity contribution in [3.05, 3.63) is 24.3 Å². The third kappa shape index (κ3) is 59.4. The zero-order valence-corrected chi connectivity index (χ0v) is 49.4. The van der Waals surface area contributed by atoms with Crippen molar-refractivity contribution in [3.63, 3.8) is 0 Å². The van der Waals surface area contributed by atoms with E-state index in [2.05, 4.69) is 43.5 Å². The predicted octanol–water partition coefficient (Wildman–Crippen LogP) is 21.0. The first kappa shape index (κ1) is 71.3. The first-order valence-electron chi connectivity index (χ1n) is 33.1. The summed E-state index contributed by atoms with van der Waals surface area (Å²) in [4.78, 5) is 24.6. The van der Waals surface area contributed by atoms with E-state index in [9.17, 15) is 19.8 Å². The maximum Gasteiger partial charge on any atom is 0.305 e. The highest BCUT2D eigenvalue weighted by Gasteiger charge is 2.20. The van der Waals surface area contributed by atoms with Crippen molar-refractivity contribution in [2.45, 2.75) is 379 Å². The number of ether oxygens (including phenoxy) is 1. The number of nitrogens with one attached hydrogen (secondary N) is 1. The lowest BCUT2D eigenvalue weighted by Crippen LogP contribution is -2.45. The molecule has 6 nitrogen and oxygen atoms in total. The van der Waals surface area contributed by atoms with E-state index in [1.165, 1.54) is 283 Å². The summed E-state index contributed by atoms with van der Waals surface area (Å²) in [5, 5.41) is 23.4. The number of rotatable bonds is 62. The number of hydrogen-bond donors (Lipinski definition) is 3. The number of aliphatic hydroxyl groups is 2. The molecule has 0 saturated carbocycles. The molecule has 1 amide bonds. The standard InChI is InChI=1S/C67H129NO5/c1-3-5-7-9-11-13-15-17-19-21-23-25-27-31-35-39-43-47-51-55-59-65(70)64(63-69)68-66(71)60-56-52-48-44-40-36-32-28-26-30-34-38-42-46-50-54-58-62-73-67(72)61-57-53-49-45-41-37-33-29-24-22-20-18-16-14-12-10-8-6-4-2/h12,14,18,20,64-65,69-70H,3-11,13,15-17,19,21-63H2,1-2H3,(H,68,71)/b14-12-,20-18-. The van der Waals surface area contributed by atoms with Crippen molar-refractivity contribution in [1.29, 1.82) is 0 Å². The topological polar surface area (TPSA) is 95.9 Å². The molecule has 0 bridgehead atoms. The van der Waals surface area contributed by atoms with Crippen molar-refractivity contribution in [2.75, 3.05) is 13.2 Å². The highest BCUT2D eigenvalue weighted by molar-refractivity contribution is 5.76. The Hall–Kier alpha value is -1.66. The van der Waals surface area contributed by atoms with Crippen LogP contribution in [0.5, 0.6) is 0 Å². The molecular weight excluding hydrogens is 899 g/mol. The minimum Gasteiger partial charge on any atom is -0.466 e. The Morgan fingerprint density at radius 2 is 0.685 bits per heavy atom. The molecule has 2 atom stereocenters. The lowest BCUT2D eigenvalue weighted by molar-refractivity contribution is -0.143. The van der Waals surface area contributed by atoms with Gasteiger partial charge in [-0.05, 0) is 57.8 Å². The number of carbonyl (C=O) groups is 2. The number of amides is 1. The average Bonchev–Trinajstić information content (AvgIpc) is 3.39. The van der Waals surface area contributed by atoms with Crippen LogP contribution in [0.2, 0.25) is 0 Å². The summed E-state index contributed by atoms with van der Waals surface area (Å²) in [5.74, 6) is -0.0340. The van der Waals surface area contributed by atoms with Crippen molar-refractivity contribution < 1.29 is 24.5 Å². The minimum absolute atomic E-state index is 0.00263. The summed E-state index contributed by atoms with van der Waals surface area (Å²) in [6.07, 6.45) is 77.6. The molecule has 0 aromatic carbocycles. The van der Waals surface area contributed by atoms with E-state index in [1.807, 2.05) is 0 Å². The zero-order chi connectivity index (χ0) is 52.9. The van der Waals surface area contributed by atoms with Gasteiger partial charge in [-0.2, -0.15) is 0 Å². The van der Waals surface area contributed by atoms with Crippen LogP contribution in [0.3, 0.4) is 0 Å². The third-order valence-corrected chi connectivity index (χ3v) is 15.5. The molecule has 0 saturated heterocycles. The summed E-state index contributed by atoms with van der Waals surface area (Å²) in [5.41, 5.74) is 0. The van der Waals surface area contributed by atoms with Crippen LogP contribution in [-0.2, 0) is 14.3 Å². The van der Waals surface area contributed by atoms with Gasteiger partial charge in [-0.15, -0.1) is 0 Å². The van der Waals surface area contributed by atoms with Crippen LogP contribution >= 0.6 is 0 Å². The van der Waals surface area contributed by atoms with E-state index in [0.29, 0.717) is 25.9 Å². The first-order valence-corrected chi connectivity index (χ1v) is 33.1. The van der Waals surface area contributed by atoms with Crippen LogP contribution in [0, 0.1) is 0 Å². The van der Waals surface area contributed by atoms with Crippen molar-refractivity contribution >= 4 is 11.9 Å². The summed E-state index contributed by atoms with van der Waals surface area (Å²) in [6.45, 7) is 4.95. The number of carbonyl (C=O) groups excluding carboxylic acids is 2. The number of hydrogen-bond acceptors (Lipinski definition) is 5. The lowest BCUT2D eigenvalue weighted by atomic mass is 10.0. The van der Waals surface area contributed by atoms with Gasteiger partial charge in [0.05, 0.1) is 25.4 Å². The molecule has 0 aromatic rings. The van der Waals surface area contributed by atoms with Gasteiger partial charge in [0.2, 0.25) is 5.91 Å². The first-order chi connectivity index (χ1) is 36.0. The van der Waals surface area contributed by atoms with Gasteiger partial charge in [0.15, 0.2) is 0 Å². The zero-order valence-electron chi connectivity index (χ0n) is 49.4. The number of aliphatic hydroxyl groups excluding tert-OH is 2. The molecule has 0 fully saturated rings. The summed E-state index contributed by atoms with van der Waals surface area (Å²) in [6, 6.07) is -0.547. The van der Waals surface area contributed by atoms with Crippen LogP contribution in [0.1, 0.15) is 367 Å². The molecule has 2 unspecified atom stereocenters. The predicted molar refractivity (Wildman–Crippen MR) is 320 cm³/mol. The number of unbranched alkanes of at least 4 members (excludes halogenated alkanes) is 47. The van der Waals surface area contributed by atoms with Gasteiger partial charge in [0.25, 0.3) is 0 Å². The number of allylic oxidation sites excluding steroid dienone is 4. The molecule has 73 heavy (non-hydrogen) atoms. The highest BCUT2D eigenvalue weighted by Crippen LogP contribution is 2.18. The van der Waals surface area contributed by atoms with Crippen LogP contribution in [0.15, 0.2) is 24.3 Å². The molecule has 0 aliphatic heterocycles. The molecule has 0 aliphatic rings. The summed E-state index contributed by atoms with van der Waals surface area (Å²) >= 11 is 0. The smallest absolute Gasteiger partial charge is 0.305 e. The van der Waals surface area contributed by atoms with Crippen LogP contribution < -0.4 is 5.32 Å². The SMILES string of the molecule is CCCCC/C=C\C/C=C\CCCCCCCCCCCC(=O)OCCCCCCCCCCCCCCCCCCCC(=O)NC(CO)C(O)CCCCCCCCCCCCCCCCCCCCCC. The lowest BCUT2D eigenvalue weighted by Gasteiger charge is -2.22. The molecule has 0 spiro atoms. The molecule has 6 heteroatoms. The Labute approximate surface area is 456 Å². The van der Waals surface area contributed by atoms with Gasteiger partial charge >= 0.3 is 5.97 Å². The highest BCUT2D eigenvalue weighted by atomic mass is 16.5. The van der Waals surface area contributed by atoms with Crippen molar-refractivity contribution in [3.8, 4) is 0 Å². The van der Waals surface area contributed by atoms with Gasteiger partial charge in [0, 0.05) is 12.8 Å². The fraction of sp³-hybridized carbons (Fsp3) is 0.910. The Morgan fingerprint density at radius 3 is 1.07 bits per heavy atom. The van der Waals surface area contributed by atoms with E-state index in [-0.39, 0.29) is 18.5 Å². The Bertz CT molecular complexity index is 1140. The maximum atomic E-state index is 12.5. The molecule has 0 rings (SSSR count). The van der Waals surface area contributed by atoms with E-state index in [4.69, 9.17) is 4.74 Å². The van der Waals surface area contributed by atoms with Gasteiger partial charge in [-0.3, -0.25) is 9.59 Å². The van der Waals surface area contributed by atoms with Crippen LogP contribution in [-0.4, -0.2) is 47.4 Å². The minimum atomic E-state index is -0.669. The molecule has 432 valence electrons. The number of esters is 1. The summed E-state index contributed by atoms with van der Waals surface area (Å²) in [7, 11) is 0. The largest absolute Gasteiger partial charge is 0.466 e. The van der Waals surface area contributed by atoms with Gasteiger partial charge in [-0.1, -0.05) is 321 Å². The quantitative estimate of drug-likeness (QED) is 0.0320. The van der Waals surface area contributed by atoms with E-state index < -0.39 is 12.1 Å². The van der Waals surface area contributed by atoms with E-state index in [0.717, 1.165) is 51.4 Å². The van der Waals surface area contributed by atoms with E-state index in [1.54, 1.807) is 0 Å². The Morgan fingerprint density at radius 1 is 0.384 bits per heavy atom. The normalized spacial score (nSPS) is 12.7. The second-order valence-corrected chi connectivity index (χ2v) is 22.8. The maximum absolute atomic E-state index is 12.5. The second-order valence-electron chi connectivity index (χ2n) is 22.8. The fourth-order valence-electron chi connectivity index (χ4n) is 10.4. The third-order valence-electron chi connectivity index (χ3n) is 15.5. The molecule has 0 heterocycles. The molecular formula is C67H129NO5. The summed E-state index contributed by atoms with van der Waals surface area (Å²) < 4.78 is 5.50. The Balaban J connectivity index is 3.40. The van der Waals surface area contributed by atoms with Crippen molar-refractivity contribution in [1.82, 2.24) is 5.32 Å².